The zero-order valence-corrected chi connectivity index (χ0v) is 11.8. The highest BCUT2D eigenvalue weighted by Crippen LogP contribution is 2.19. The average Bonchev–Trinajstić information content (AvgIpc) is 1.97. The molecule has 3 heteroatoms. The lowest BCUT2D eigenvalue weighted by molar-refractivity contribution is 0.219. The monoisotopic (exact) mass is 308 g/mol. The lowest BCUT2D eigenvalue weighted by Gasteiger charge is -2.12. The summed E-state index contributed by atoms with van der Waals surface area (Å²) in [7, 11) is -1.36. The van der Waals surface area contributed by atoms with Gasteiger partial charge in [0, 0.05) is 6.42 Å². The molecule has 0 aliphatic heterocycles. The Kier molecular flexibility index (Phi) is 5.26. The van der Waals surface area contributed by atoms with Gasteiger partial charge in [0.1, 0.15) is 8.07 Å². The lowest BCUT2D eigenvalue weighted by Crippen LogP contribution is -2.21. The zero-order valence-electron chi connectivity index (χ0n) is 8.69. The molecule has 0 aliphatic carbocycles. The second-order valence-corrected chi connectivity index (χ2v) is 10.6. The van der Waals surface area contributed by atoms with Gasteiger partial charge in [-0.2, -0.15) is 0 Å². The minimum atomic E-state index is -1.36. The molecular weight excluding hydrogens is 291 g/mol. The molecule has 0 heterocycles. The van der Waals surface area contributed by atoms with Crippen LogP contribution in [0.3, 0.4) is 0 Å². The van der Waals surface area contributed by atoms with Gasteiger partial charge in [-0.05, 0) is 29.5 Å². The Hall–Kier alpha value is 0.207. The van der Waals surface area contributed by atoms with Crippen LogP contribution in [0, 0.1) is 11.5 Å². The van der Waals surface area contributed by atoms with Crippen molar-refractivity contribution in [1.82, 2.24) is 0 Å². The van der Waals surface area contributed by atoms with Crippen LogP contribution in [0.2, 0.25) is 19.6 Å². The molecule has 74 valence electrons. The SMILES string of the molecule is CC=CCC(O)(I)C#C[Si](C)(C)C. The predicted octanol–water partition coefficient (Wildman–Crippen LogP) is 2.96. The van der Waals surface area contributed by atoms with Gasteiger partial charge in [0.05, 0.1) is 0 Å². The van der Waals surface area contributed by atoms with Crippen LogP contribution in [-0.4, -0.2) is 16.8 Å². The smallest absolute Gasteiger partial charge is 0.179 e. The van der Waals surface area contributed by atoms with Gasteiger partial charge in [0.25, 0.3) is 0 Å². The Morgan fingerprint density at radius 1 is 1.46 bits per heavy atom. The summed E-state index contributed by atoms with van der Waals surface area (Å²) in [5, 5.41) is 9.79. The van der Waals surface area contributed by atoms with Gasteiger partial charge in [0.2, 0.25) is 0 Å². The Bertz CT molecular complexity index is 240. The minimum Gasteiger partial charge on any atom is -0.369 e. The van der Waals surface area contributed by atoms with Crippen molar-refractivity contribution in [2.24, 2.45) is 0 Å². The molecule has 13 heavy (non-hydrogen) atoms. The van der Waals surface area contributed by atoms with Crippen molar-refractivity contribution in [3.8, 4) is 11.5 Å². The van der Waals surface area contributed by atoms with Crippen molar-refractivity contribution in [3.63, 3.8) is 0 Å². The number of allylic oxidation sites excluding steroid dienone is 1. The number of rotatable bonds is 2. The number of halogens is 1. The van der Waals surface area contributed by atoms with Crippen LogP contribution in [0.1, 0.15) is 13.3 Å². The minimum absolute atomic E-state index is 0.599. The van der Waals surface area contributed by atoms with E-state index in [0.717, 1.165) is 0 Å². The summed E-state index contributed by atoms with van der Waals surface area (Å²) in [6.45, 7) is 8.45. The molecule has 0 fully saturated rings. The molecule has 1 nitrogen and oxygen atoms in total. The topological polar surface area (TPSA) is 20.2 Å². The fourth-order valence-electron chi connectivity index (χ4n) is 0.608. The first-order valence-corrected chi connectivity index (χ1v) is 8.91. The molecule has 0 saturated carbocycles. The first kappa shape index (κ1) is 13.2. The van der Waals surface area contributed by atoms with Crippen molar-refractivity contribution in [1.29, 1.82) is 0 Å². The highest BCUT2D eigenvalue weighted by Gasteiger charge is 2.18. The van der Waals surface area contributed by atoms with E-state index in [2.05, 4.69) is 31.1 Å². The normalized spacial score (nSPS) is 16.5. The van der Waals surface area contributed by atoms with Gasteiger partial charge in [-0.25, -0.2) is 0 Å². The number of hydrogen-bond donors (Lipinski definition) is 1. The average molecular weight is 308 g/mol. The largest absolute Gasteiger partial charge is 0.369 e. The maximum absolute atomic E-state index is 9.79. The van der Waals surface area contributed by atoms with Crippen molar-refractivity contribution in [3.05, 3.63) is 12.2 Å². The quantitative estimate of drug-likeness (QED) is 0.273. The van der Waals surface area contributed by atoms with Crippen molar-refractivity contribution in [2.45, 2.75) is 36.6 Å². The lowest BCUT2D eigenvalue weighted by atomic mass is 10.2. The van der Waals surface area contributed by atoms with Crippen LogP contribution in [0.5, 0.6) is 0 Å². The maximum Gasteiger partial charge on any atom is 0.179 e. The van der Waals surface area contributed by atoms with Gasteiger partial charge in [-0.15, -0.1) is 5.54 Å². The Labute approximate surface area is 95.8 Å². The van der Waals surface area contributed by atoms with Gasteiger partial charge in [-0.3, -0.25) is 0 Å². The zero-order chi connectivity index (χ0) is 10.5. The molecular formula is C10H17IOSi. The van der Waals surface area contributed by atoms with Crippen molar-refractivity contribution in [2.75, 3.05) is 0 Å². The molecule has 1 atom stereocenters. The van der Waals surface area contributed by atoms with E-state index >= 15 is 0 Å². The standard InChI is InChI=1S/C10H17IOSi/c1-5-6-7-10(11,12)8-9-13(2,3)4/h5-6,12H,7H2,1-4H3. The molecule has 0 rings (SSSR count). The van der Waals surface area contributed by atoms with Gasteiger partial charge in [-0.1, -0.05) is 37.7 Å². The summed E-state index contributed by atoms with van der Waals surface area (Å²) in [6.07, 6.45) is 4.46. The highest BCUT2D eigenvalue weighted by molar-refractivity contribution is 14.1. The van der Waals surface area contributed by atoms with Crippen LogP contribution in [0.15, 0.2) is 12.2 Å². The number of aliphatic hydroxyl groups is 1. The molecule has 0 aromatic heterocycles. The molecule has 1 unspecified atom stereocenters. The third-order valence-electron chi connectivity index (χ3n) is 1.25. The van der Waals surface area contributed by atoms with Crippen LogP contribution in [0.25, 0.3) is 0 Å². The van der Waals surface area contributed by atoms with Crippen molar-refractivity contribution >= 4 is 30.7 Å². The summed E-state index contributed by atoms with van der Waals surface area (Å²) in [4.78, 5) is 0. The molecule has 0 saturated heterocycles. The Morgan fingerprint density at radius 2 is 2.00 bits per heavy atom. The Balaban J connectivity index is 4.37. The summed E-state index contributed by atoms with van der Waals surface area (Å²) < 4.78 is -0.884. The van der Waals surface area contributed by atoms with E-state index in [0.29, 0.717) is 6.42 Å². The van der Waals surface area contributed by atoms with Crippen LogP contribution in [0.4, 0.5) is 0 Å². The van der Waals surface area contributed by atoms with Gasteiger partial charge in [0.15, 0.2) is 3.61 Å². The summed E-state index contributed by atoms with van der Waals surface area (Å²) in [5.41, 5.74) is 3.17. The van der Waals surface area contributed by atoms with E-state index in [1.165, 1.54) is 0 Å². The molecule has 0 bridgehead atoms. The highest BCUT2D eigenvalue weighted by atomic mass is 127. The third kappa shape index (κ3) is 8.53. The fraction of sp³-hybridized carbons (Fsp3) is 0.600. The van der Waals surface area contributed by atoms with E-state index in [9.17, 15) is 5.11 Å². The molecule has 0 aliphatic rings. The molecule has 0 radical (unpaired) electrons. The van der Waals surface area contributed by atoms with Gasteiger partial charge < -0.3 is 5.11 Å². The van der Waals surface area contributed by atoms with Gasteiger partial charge >= 0.3 is 0 Å². The number of hydrogen-bond acceptors (Lipinski definition) is 1. The fourth-order valence-corrected chi connectivity index (χ4v) is 1.83. The third-order valence-corrected chi connectivity index (χ3v) is 2.84. The van der Waals surface area contributed by atoms with E-state index in [1.54, 1.807) is 0 Å². The molecule has 0 amide bonds. The van der Waals surface area contributed by atoms with Crippen LogP contribution >= 0.6 is 22.6 Å². The summed E-state index contributed by atoms with van der Waals surface area (Å²) in [5.74, 6) is 2.94. The van der Waals surface area contributed by atoms with Crippen LogP contribution < -0.4 is 0 Å². The van der Waals surface area contributed by atoms with Crippen LogP contribution in [-0.2, 0) is 0 Å². The molecule has 0 spiro atoms. The summed E-state index contributed by atoms with van der Waals surface area (Å²) >= 11 is 1.99. The van der Waals surface area contributed by atoms with E-state index in [1.807, 2.05) is 41.7 Å². The molecule has 0 aromatic carbocycles. The van der Waals surface area contributed by atoms with E-state index in [4.69, 9.17) is 0 Å². The predicted molar refractivity (Wildman–Crippen MR) is 69.5 cm³/mol. The Morgan fingerprint density at radius 3 is 2.38 bits per heavy atom. The number of alkyl halides is 1. The second kappa shape index (κ2) is 5.18. The van der Waals surface area contributed by atoms with E-state index in [-0.39, 0.29) is 0 Å². The first-order valence-electron chi connectivity index (χ1n) is 4.34. The first-order chi connectivity index (χ1) is 5.77. The second-order valence-electron chi connectivity index (χ2n) is 4.03. The molecule has 1 N–H and O–H groups in total. The molecule has 0 aromatic rings. The maximum atomic E-state index is 9.79. The van der Waals surface area contributed by atoms with Crippen molar-refractivity contribution < 1.29 is 5.11 Å². The van der Waals surface area contributed by atoms with E-state index < -0.39 is 11.7 Å². The summed E-state index contributed by atoms with van der Waals surface area (Å²) in [6, 6.07) is 0.